The Morgan fingerprint density at radius 2 is 1.94 bits per heavy atom. The quantitative estimate of drug-likeness (QED) is 0.821. The zero-order chi connectivity index (χ0) is 13.3. The molecule has 3 heteroatoms. The van der Waals surface area contributed by atoms with Gasteiger partial charge in [0.05, 0.1) is 17.8 Å². The van der Waals surface area contributed by atoms with Crippen LogP contribution in [0.15, 0.2) is 11.4 Å². The highest BCUT2D eigenvalue weighted by Crippen LogP contribution is 2.34. The molecule has 0 radical (unpaired) electrons. The zero-order valence-electron chi connectivity index (χ0n) is 11.6. The Balaban J connectivity index is 2.58. The summed E-state index contributed by atoms with van der Waals surface area (Å²) in [5.41, 5.74) is 5.94. The number of methoxy groups -OCH3 is 1. The largest absolute Gasteiger partial charge is 0.496 e. The minimum atomic E-state index is 0.988. The molecule has 2 aromatic rings. The van der Waals surface area contributed by atoms with Gasteiger partial charge in [0.1, 0.15) is 5.75 Å². The van der Waals surface area contributed by atoms with Crippen molar-refractivity contribution >= 4 is 11.3 Å². The third-order valence-electron chi connectivity index (χ3n) is 3.36. The van der Waals surface area contributed by atoms with Gasteiger partial charge in [0.15, 0.2) is 0 Å². The van der Waals surface area contributed by atoms with E-state index in [4.69, 9.17) is 4.74 Å². The average Bonchev–Trinajstić information content (AvgIpc) is 2.83. The summed E-state index contributed by atoms with van der Waals surface area (Å²) >= 11 is 1.73. The lowest BCUT2D eigenvalue weighted by molar-refractivity contribution is 0.408. The van der Waals surface area contributed by atoms with Gasteiger partial charge >= 0.3 is 0 Å². The van der Waals surface area contributed by atoms with Crippen molar-refractivity contribution < 1.29 is 4.74 Å². The number of thiazole rings is 1. The second-order valence-electron chi connectivity index (χ2n) is 4.50. The monoisotopic (exact) mass is 261 g/mol. The van der Waals surface area contributed by atoms with Crippen molar-refractivity contribution in [2.45, 2.75) is 34.1 Å². The van der Waals surface area contributed by atoms with Crippen molar-refractivity contribution in [2.75, 3.05) is 7.11 Å². The molecule has 2 rings (SSSR count). The van der Waals surface area contributed by atoms with Crippen LogP contribution in [0.3, 0.4) is 0 Å². The van der Waals surface area contributed by atoms with E-state index in [1.54, 1.807) is 18.4 Å². The molecule has 0 bridgehead atoms. The van der Waals surface area contributed by atoms with Gasteiger partial charge in [-0.3, -0.25) is 0 Å². The van der Waals surface area contributed by atoms with Crippen LogP contribution in [0.5, 0.6) is 5.75 Å². The Bertz CT molecular complexity index is 572. The molecule has 0 atom stereocenters. The van der Waals surface area contributed by atoms with Gasteiger partial charge < -0.3 is 4.74 Å². The molecule has 1 heterocycles. The summed E-state index contributed by atoms with van der Waals surface area (Å²) < 4.78 is 5.46. The lowest BCUT2D eigenvalue weighted by Gasteiger charge is -2.14. The molecule has 0 fully saturated rings. The second kappa shape index (κ2) is 5.11. The Labute approximate surface area is 113 Å². The van der Waals surface area contributed by atoms with E-state index < -0.39 is 0 Å². The van der Waals surface area contributed by atoms with Crippen LogP contribution in [0.4, 0.5) is 0 Å². The topological polar surface area (TPSA) is 22.1 Å². The van der Waals surface area contributed by atoms with Crippen LogP contribution >= 0.6 is 11.3 Å². The van der Waals surface area contributed by atoms with E-state index in [-0.39, 0.29) is 0 Å². The predicted octanol–water partition coefficient (Wildman–Crippen LogP) is 4.31. The van der Waals surface area contributed by atoms with Crippen LogP contribution in [-0.2, 0) is 6.42 Å². The maximum atomic E-state index is 5.46. The molecule has 0 spiro atoms. The number of rotatable bonds is 3. The van der Waals surface area contributed by atoms with Crippen LogP contribution in [0.25, 0.3) is 11.3 Å². The van der Waals surface area contributed by atoms with E-state index in [9.17, 15) is 0 Å². The fourth-order valence-corrected chi connectivity index (χ4v) is 2.98. The Morgan fingerprint density at radius 1 is 1.22 bits per heavy atom. The van der Waals surface area contributed by atoms with Crippen LogP contribution < -0.4 is 4.74 Å². The van der Waals surface area contributed by atoms with Gasteiger partial charge in [0, 0.05) is 10.9 Å². The molecule has 0 aliphatic carbocycles. The van der Waals surface area contributed by atoms with Gasteiger partial charge in [-0.2, -0.15) is 0 Å². The van der Waals surface area contributed by atoms with Crippen molar-refractivity contribution in [1.29, 1.82) is 0 Å². The Hall–Kier alpha value is -1.35. The van der Waals surface area contributed by atoms with Crippen molar-refractivity contribution in [2.24, 2.45) is 0 Å². The molecule has 2 nitrogen and oxygen atoms in total. The summed E-state index contributed by atoms with van der Waals surface area (Å²) in [6.07, 6.45) is 0.998. The molecule has 0 aliphatic heterocycles. The first-order valence-corrected chi connectivity index (χ1v) is 7.06. The van der Waals surface area contributed by atoms with Gasteiger partial charge in [-0.25, -0.2) is 4.98 Å². The SMILES string of the molecule is CCc1nc(-c2cc(C)c(OC)c(C)c2C)cs1. The molecular formula is C15H19NOS. The first-order chi connectivity index (χ1) is 8.58. The summed E-state index contributed by atoms with van der Waals surface area (Å²) in [5, 5.41) is 3.34. The van der Waals surface area contributed by atoms with E-state index in [1.165, 1.54) is 27.3 Å². The number of benzene rings is 1. The van der Waals surface area contributed by atoms with Gasteiger partial charge in [0.25, 0.3) is 0 Å². The third-order valence-corrected chi connectivity index (χ3v) is 4.35. The first-order valence-electron chi connectivity index (χ1n) is 6.18. The summed E-state index contributed by atoms with van der Waals surface area (Å²) in [7, 11) is 1.73. The molecule has 0 amide bonds. The minimum absolute atomic E-state index is 0.988. The van der Waals surface area contributed by atoms with Crippen LogP contribution in [0, 0.1) is 20.8 Å². The average molecular weight is 261 g/mol. The number of aryl methyl sites for hydroxylation is 2. The zero-order valence-corrected chi connectivity index (χ0v) is 12.4. The predicted molar refractivity (Wildman–Crippen MR) is 77.7 cm³/mol. The van der Waals surface area contributed by atoms with E-state index >= 15 is 0 Å². The van der Waals surface area contributed by atoms with E-state index in [0.717, 1.165) is 17.9 Å². The van der Waals surface area contributed by atoms with E-state index in [1.807, 2.05) is 0 Å². The second-order valence-corrected chi connectivity index (χ2v) is 5.45. The summed E-state index contributed by atoms with van der Waals surface area (Å²) in [6.45, 7) is 8.47. The summed E-state index contributed by atoms with van der Waals surface area (Å²) in [4.78, 5) is 4.68. The smallest absolute Gasteiger partial charge is 0.124 e. The molecular weight excluding hydrogens is 242 g/mol. The molecule has 1 aromatic carbocycles. The molecule has 96 valence electrons. The highest BCUT2D eigenvalue weighted by Gasteiger charge is 2.13. The number of nitrogens with zero attached hydrogens (tertiary/aromatic N) is 1. The molecule has 0 saturated heterocycles. The highest BCUT2D eigenvalue weighted by molar-refractivity contribution is 7.09. The minimum Gasteiger partial charge on any atom is -0.496 e. The van der Waals surface area contributed by atoms with Crippen LogP contribution in [-0.4, -0.2) is 12.1 Å². The standard InChI is InChI=1S/C15H19NOS/c1-6-14-16-13(8-18-14)12-7-9(2)15(17-5)11(4)10(12)3/h7-8H,6H2,1-5H3. The van der Waals surface area contributed by atoms with Crippen molar-refractivity contribution in [1.82, 2.24) is 4.98 Å². The fourth-order valence-electron chi connectivity index (χ4n) is 2.24. The number of hydrogen-bond acceptors (Lipinski definition) is 3. The first kappa shape index (κ1) is 13.1. The highest BCUT2D eigenvalue weighted by atomic mass is 32.1. The molecule has 0 N–H and O–H groups in total. The molecule has 1 aromatic heterocycles. The number of aromatic nitrogens is 1. The molecule has 0 unspecified atom stereocenters. The van der Waals surface area contributed by atoms with Gasteiger partial charge in [-0.1, -0.05) is 6.92 Å². The normalized spacial score (nSPS) is 10.7. The van der Waals surface area contributed by atoms with Crippen molar-refractivity contribution in [3.05, 3.63) is 33.1 Å². The van der Waals surface area contributed by atoms with E-state index in [2.05, 4.69) is 44.1 Å². The van der Waals surface area contributed by atoms with Crippen LogP contribution in [0.1, 0.15) is 28.6 Å². The summed E-state index contributed by atoms with van der Waals surface area (Å²) in [6, 6.07) is 2.18. The Morgan fingerprint density at radius 3 is 2.50 bits per heavy atom. The maximum Gasteiger partial charge on any atom is 0.124 e. The number of hydrogen-bond donors (Lipinski definition) is 0. The maximum absolute atomic E-state index is 5.46. The Kier molecular flexibility index (Phi) is 3.71. The van der Waals surface area contributed by atoms with Crippen molar-refractivity contribution in [3.8, 4) is 17.0 Å². The van der Waals surface area contributed by atoms with E-state index in [0.29, 0.717) is 0 Å². The summed E-state index contributed by atoms with van der Waals surface area (Å²) in [5.74, 6) is 0.988. The molecule has 18 heavy (non-hydrogen) atoms. The molecule has 0 aliphatic rings. The van der Waals surface area contributed by atoms with Crippen molar-refractivity contribution in [3.63, 3.8) is 0 Å². The van der Waals surface area contributed by atoms with Gasteiger partial charge in [-0.05, 0) is 49.9 Å². The third kappa shape index (κ3) is 2.15. The molecule has 0 saturated carbocycles. The lowest BCUT2D eigenvalue weighted by atomic mass is 9.97. The van der Waals surface area contributed by atoms with Gasteiger partial charge in [-0.15, -0.1) is 11.3 Å². The van der Waals surface area contributed by atoms with Gasteiger partial charge in [0.2, 0.25) is 0 Å². The van der Waals surface area contributed by atoms with Crippen LogP contribution in [0.2, 0.25) is 0 Å². The lowest BCUT2D eigenvalue weighted by Crippen LogP contribution is -1.96. The number of ether oxygens (including phenoxy) is 1. The fraction of sp³-hybridized carbons (Fsp3) is 0.400.